The first kappa shape index (κ1) is 20.3. The van der Waals surface area contributed by atoms with E-state index in [1.807, 2.05) is 44.2 Å². The second-order valence-corrected chi connectivity index (χ2v) is 8.62. The lowest BCUT2D eigenvalue weighted by atomic mass is 10.2. The van der Waals surface area contributed by atoms with Gasteiger partial charge in [-0.15, -0.1) is 0 Å². The van der Waals surface area contributed by atoms with Crippen LogP contribution in [0.15, 0.2) is 41.7 Å². The molecule has 0 saturated heterocycles. The first-order chi connectivity index (χ1) is 14.6. The fourth-order valence-electron chi connectivity index (χ4n) is 4.15. The monoisotopic (exact) mass is 419 g/mol. The third-order valence-corrected chi connectivity index (χ3v) is 6.68. The van der Waals surface area contributed by atoms with Crippen molar-refractivity contribution in [2.45, 2.75) is 50.7 Å². The van der Waals surface area contributed by atoms with Crippen LogP contribution < -0.4 is 5.32 Å². The molecule has 0 radical (unpaired) electrons. The van der Waals surface area contributed by atoms with Crippen LogP contribution in [-0.4, -0.2) is 26.2 Å². The van der Waals surface area contributed by atoms with E-state index < -0.39 is 0 Å². The second kappa shape index (κ2) is 8.80. The highest BCUT2D eigenvalue weighted by Gasteiger charge is 2.26. The van der Waals surface area contributed by atoms with E-state index in [4.69, 9.17) is 0 Å². The van der Waals surface area contributed by atoms with Gasteiger partial charge in [0.05, 0.1) is 23.2 Å². The van der Waals surface area contributed by atoms with Crippen LogP contribution in [0.3, 0.4) is 0 Å². The second-order valence-electron chi connectivity index (χ2n) is 7.66. The SMILES string of the molecule is Cc1c(C#N)c(NC(=O)CSc2ncc(-c3ccccc3)[nH]2)n(C2CCCC2)c1C. The van der Waals surface area contributed by atoms with Crippen molar-refractivity contribution in [2.24, 2.45) is 0 Å². The van der Waals surface area contributed by atoms with E-state index in [1.54, 1.807) is 6.20 Å². The fraction of sp³-hybridized carbons (Fsp3) is 0.348. The molecular formula is C23H25N5OS. The molecule has 1 aliphatic rings. The van der Waals surface area contributed by atoms with E-state index in [9.17, 15) is 10.1 Å². The summed E-state index contributed by atoms with van der Waals surface area (Å²) in [7, 11) is 0. The quantitative estimate of drug-likeness (QED) is 0.537. The smallest absolute Gasteiger partial charge is 0.235 e. The highest BCUT2D eigenvalue weighted by Crippen LogP contribution is 2.37. The first-order valence-corrected chi connectivity index (χ1v) is 11.2. The van der Waals surface area contributed by atoms with Gasteiger partial charge in [0.15, 0.2) is 5.16 Å². The number of H-pyrrole nitrogens is 1. The van der Waals surface area contributed by atoms with Crippen molar-refractivity contribution < 1.29 is 4.79 Å². The number of aromatic nitrogens is 3. The van der Waals surface area contributed by atoms with Gasteiger partial charge in [0.2, 0.25) is 5.91 Å². The summed E-state index contributed by atoms with van der Waals surface area (Å²) in [5.41, 5.74) is 4.57. The lowest BCUT2D eigenvalue weighted by Crippen LogP contribution is -2.19. The molecule has 1 aliphatic carbocycles. The molecule has 3 aromatic rings. The van der Waals surface area contributed by atoms with Gasteiger partial charge in [0, 0.05) is 11.7 Å². The Morgan fingerprint density at radius 3 is 2.73 bits per heavy atom. The van der Waals surface area contributed by atoms with Crippen LogP contribution >= 0.6 is 11.8 Å². The number of nitriles is 1. The number of carbonyl (C=O) groups excluding carboxylic acids is 1. The summed E-state index contributed by atoms with van der Waals surface area (Å²) >= 11 is 1.35. The van der Waals surface area contributed by atoms with E-state index in [0.29, 0.717) is 22.6 Å². The number of thioether (sulfide) groups is 1. The van der Waals surface area contributed by atoms with Crippen molar-refractivity contribution in [1.82, 2.24) is 14.5 Å². The van der Waals surface area contributed by atoms with Crippen LogP contribution in [0.2, 0.25) is 0 Å². The number of carbonyl (C=O) groups is 1. The zero-order valence-electron chi connectivity index (χ0n) is 17.2. The minimum atomic E-state index is -0.133. The van der Waals surface area contributed by atoms with Crippen molar-refractivity contribution in [2.75, 3.05) is 11.1 Å². The zero-order chi connectivity index (χ0) is 21.1. The molecule has 1 aromatic carbocycles. The van der Waals surface area contributed by atoms with Crippen LogP contribution in [-0.2, 0) is 4.79 Å². The maximum Gasteiger partial charge on any atom is 0.235 e. The van der Waals surface area contributed by atoms with Gasteiger partial charge in [-0.25, -0.2) is 4.98 Å². The molecule has 1 amide bonds. The fourth-order valence-corrected chi connectivity index (χ4v) is 4.80. The summed E-state index contributed by atoms with van der Waals surface area (Å²) in [6.45, 7) is 3.99. The van der Waals surface area contributed by atoms with Gasteiger partial charge in [-0.3, -0.25) is 4.79 Å². The maximum absolute atomic E-state index is 12.7. The van der Waals surface area contributed by atoms with Crippen LogP contribution in [0.1, 0.15) is 48.5 Å². The number of amides is 1. The average molecular weight is 420 g/mol. The number of benzene rings is 1. The van der Waals surface area contributed by atoms with Gasteiger partial charge in [-0.2, -0.15) is 5.26 Å². The van der Waals surface area contributed by atoms with Gasteiger partial charge in [-0.05, 0) is 37.8 Å². The number of nitrogens with one attached hydrogen (secondary N) is 2. The van der Waals surface area contributed by atoms with Crippen molar-refractivity contribution in [1.29, 1.82) is 5.26 Å². The van der Waals surface area contributed by atoms with E-state index in [2.05, 4.69) is 25.9 Å². The van der Waals surface area contributed by atoms with Crippen LogP contribution in [0.25, 0.3) is 11.3 Å². The summed E-state index contributed by atoms with van der Waals surface area (Å²) in [4.78, 5) is 20.4. The Bertz CT molecular complexity index is 1090. The summed E-state index contributed by atoms with van der Waals surface area (Å²) in [6, 6.07) is 12.6. The molecule has 1 saturated carbocycles. The van der Waals surface area contributed by atoms with Crippen LogP contribution in [0.4, 0.5) is 5.82 Å². The number of anilines is 1. The van der Waals surface area contributed by atoms with Crippen LogP contribution in [0, 0.1) is 25.2 Å². The largest absolute Gasteiger partial charge is 0.333 e. The Morgan fingerprint density at radius 2 is 2.03 bits per heavy atom. The Kier molecular flexibility index (Phi) is 5.96. The molecule has 0 unspecified atom stereocenters. The van der Waals surface area contributed by atoms with Gasteiger partial charge in [0.25, 0.3) is 0 Å². The molecule has 4 rings (SSSR count). The lowest BCUT2D eigenvalue weighted by molar-refractivity contribution is -0.113. The molecule has 30 heavy (non-hydrogen) atoms. The van der Waals surface area contributed by atoms with Crippen molar-refractivity contribution in [3.8, 4) is 17.3 Å². The topological polar surface area (TPSA) is 86.5 Å². The Morgan fingerprint density at radius 1 is 1.30 bits per heavy atom. The number of hydrogen-bond donors (Lipinski definition) is 2. The molecule has 6 nitrogen and oxygen atoms in total. The average Bonchev–Trinajstić information content (AvgIpc) is 3.49. The number of imidazole rings is 1. The molecule has 2 N–H and O–H groups in total. The maximum atomic E-state index is 12.7. The Balaban J connectivity index is 1.46. The van der Waals surface area contributed by atoms with Gasteiger partial charge < -0.3 is 14.9 Å². The molecule has 0 atom stereocenters. The highest BCUT2D eigenvalue weighted by molar-refractivity contribution is 7.99. The molecule has 7 heteroatoms. The first-order valence-electron chi connectivity index (χ1n) is 10.2. The molecule has 2 heterocycles. The normalized spacial score (nSPS) is 14.0. The molecule has 154 valence electrons. The summed E-state index contributed by atoms with van der Waals surface area (Å²) in [6.07, 6.45) is 6.34. The standard InChI is InChI=1S/C23H25N5OS/c1-15-16(2)28(18-10-6-7-11-18)22(19(15)12-24)27-21(29)14-30-23-25-13-20(26-23)17-8-4-3-5-9-17/h3-5,8-9,13,18H,6-7,10-11,14H2,1-2H3,(H,25,26)(H,27,29). The van der Waals surface area contributed by atoms with Crippen molar-refractivity contribution in [3.05, 3.63) is 53.3 Å². The Labute approximate surface area is 180 Å². The molecule has 1 fully saturated rings. The van der Waals surface area contributed by atoms with E-state index >= 15 is 0 Å². The van der Waals surface area contributed by atoms with Gasteiger partial charge >= 0.3 is 0 Å². The van der Waals surface area contributed by atoms with Crippen LogP contribution in [0.5, 0.6) is 0 Å². The summed E-state index contributed by atoms with van der Waals surface area (Å²) < 4.78 is 2.17. The third kappa shape index (κ3) is 4.01. The minimum absolute atomic E-state index is 0.133. The van der Waals surface area contributed by atoms with Gasteiger partial charge in [0.1, 0.15) is 11.9 Å². The van der Waals surface area contributed by atoms with E-state index in [1.165, 1.54) is 24.6 Å². The molecule has 0 aliphatic heterocycles. The number of nitrogens with zero attached hydrogens (tertiary/aromatic N) is 3. The Hall–Kier alpha value is -2.98. The zero-order valence-corrected chi connectivity index (χ0v) is 18.1. The predicted octanol–water partition coefficient (Wildman–Crippen LogP) is 5.21. The van der Waals surface area contributed by atoms with E-state index in [0.717, 1.165) is 35.4 Å². The van der Waals surface area contributed by atoms with Crippen molar-refractivity contribution >= 4 is 23.5 Å². The summed E-state index contributed by atoms with van der Waals surface area (Å²) in [5, 5.41) is 13.4. The predicted molar refractivity (Wildman–Crippen MR) is 120 cm³/mol. The highest BCUT2D eigenvalue weighted by atomic mass is 32.2. The minimum Gasteiger partial charge on any atom is -0.333 e. The molecule has 0 spiro atoms. The molecule has 2 aromatic heterocycles. The molecule has 0 bridgehead atoms. The number of aromatic amines is 1. The number of rotatable bonds is 6. The third-order valence-electron chi connectivity index (χ3n) is 5.79. The van der Waals surface area contributed by atoms with Gasteiger partial charge in [-0.1, -0.05) is 54.9 Å². The van der Waals surface area contributed by atoms with Crippen molar-refractivity contribution in [3.63, 3.8) is 0 Å². The summed E-state index contributed by atoms with van der Waals surface area (Å²) in [5.74, 6) is 0.737. The lowest BCUT2D eigenvalue weighted by Gasteiger charge is -2.19. The number of hydrogen-bond acceptors (Lipinski definition) is 4. The molecular weight excluding hydrogens is 394 g/mol. The van der Waals surface area contributed by atoms with E-state index in [-0.39, 0.29) is 11.7 Å².